The highest BCUT2D eigenvalue weighted by Gasteiger charge is 2.34. The second-order valence-electron chi connectivity index (χ2n) is 6.99. The SMILES string of the molecule is CC(NC(c1ccc(F)cc1)C1CC1)C(=O)NC(C)(C)C. The first-order valence-corrected chi connectivity index (χ1v) is 7.60. The Morgan fingerprint density at radius 2 is 1.81 bits per heavy atom. The zero-order valence-corrected chi connectivity index (χ0v) is 13.2. The Morgan fingerprint density at radius 3 is 2.29 bits per heavy atom. The molecule has 0 aliphatic heterocycles. The van der Waals surface area contributed by atoms with E-state index in [0.29, 0.717) is 5.92 Å². The molecule has 0 heterocycles. The van der Waals surface area contributed by atoms with Gasteiger partial charge in [0.25, 0.3) is 0 Å². The highest BCUT2D eigenvalue weighted by molar-refractivity contribution is 5.82. The van der Waals surface area contributed by atoms with E-state index < -0.39 is 0 Å². The van der Waals surface area contributed by atoms with E-state index in [1.165, 1.54) is 12.1 Å². The fourth-order valence-electron chi connectivity index (χ4n) is 2.43. The number of nitrogens with one attached hydrogen (secondary N) is 2. The van der Waals surface area contributed by atoms with Crippen LogP contribution in [0.4, 0.5) is 4.39 Å². The van der Waals surface area contributed by atoms with Crippen LogP contribution in [0, 0.1) is 11.7 Å². The minimum atomic E-state index is -0.278. The quantitative estimate of drug-likeness (QED) is 0.875. The molecule has 0 saturated heterocycles. The Hall–Kier alpha value is -1.42. The van der Waals surface area contributed by atoms with Gasteiger partial charge >= 0.3 is 0 Å². The summed E-state index contributed by atoms with van der Waals surface area (Å²) >= 11 is 0. The fourth-order valence-corrected chi connectivity index (χ4v) is 2.43. The van der Waals surface area contributed by atoms with Crippen LogP contribution < -0.4 is 10.6 Å². The van der Waals surface area contributed by atoms with Crippen LogP contribution in [0.25, 0.3) is 0 Å². The van der Waals surface area contributed by atoms with Gasteiger partial charge in [0, 0.05) is 11.6 Å². The second-order valence-corrected chi connectivity index (χ2v) is 6.99. The second kappa shape index (κ2) is 6.14. The molecule has 2 rings (SSSR count). The maximum atomic E-state index is 13.1. The third kappa shape index (κ3) is 4.81. The van der Waals surface area contributed by atoms with Crippen LogP contribution in [-0.2, 0) is 4.79 Å². The van der Waals surface area contributed by atoms with Gasteiger partial charge in [-0.25, -0.2) is 4.39 Å². The van der Waals surface area contributed by atoms with E-state index in [4.69, 9.17) is 0 Å². The largest absolute Gasteiger partial charge is 0.350 e. The summed E-state index contributed by atoms with van der Waals surface area (Å²) in [5, 5.41) is 6.39. The Labute approximate surface area is 126 Å². The van der Waals surface area contributed by atoms with Crippen molar-refractivity contribution < 1.29 is 9.18 Å². The molecule has 1 fully saturated rings. The Kier molecular flexibility index (Phi) is 4.67. The lowest BCUT2D eigenvalue weighted by atomic mass is 10.0. The van der Waals surface area contributed by atoms with Crippen LogP contribution in [0.3, 0.4) is 0 Å². The van der Waals surface area contributed by atoms with E-state index in [2.05, 4.69) is 10.6 Å². The number of carbonyl (C=O) groups excluding carboxylic acids is 1. The predicted molar refractivity (Wildman–Crippen MR) is 82.4 cm³/mol. The van der Waals surface area contributed by atoms with E-state index in [9.17, 15) is 9.18 Å². The predicted octanol–water partition coefficient (Wildman–Crippen LogP) is 3.17. The summed E-state index contributed by atoms with van der Waals surface area (Å²) in [5.74, 6) is 0.308. The number of amides is 1. The number of hydrogen-bond acceptors (Lipinski definition) is 2. The molecule has 0 radical (unpaired) electrons. The van der Waals surface area contributed by atoms with Crippen LogP contribution in [0.5, 0.6) is 0 Å². The van der Waals surface area contributed by atoms with Crippen LogP contribution in [0.2, 0.25) is 0 Å². The summed E-state index contributed by atoms with van der Waals surface area (Å²) in [6.45, 7) is 7.78. The van der Waals surface area contributed by atoms with Gasteiger partial charge in [0.05, 0.1) is 6.04 Å². The van der Waals surface area contributed by atoms with E-state index in [0.717, 1.165) is 18.4 Å². The summed E-state index contributed by atoms with van der Waals surface area (Å²) in [7, 11) is 0. The van der Waals surface area contributed by atoms with Gasteiger partial charge in [0.2, 0.25) is 5.91 Å². The van der Waals surface area contributed by atoms with Gasteiger partial charge in [-0.15, -0.1) is 0 Å². The van der Waals surface area contributed by atoms with Crippen LogP contribution in [-0.4, -0.2) is 17.5 Å². The lowest BCUT2D eigenvalue weighted by molar-refractivity contribution is -0.124. The minimum absolute atomic E-state index is 0.00439. The smallest absolute Gasteiger partial charge is 0.237 e. The van der Waals surface area contributed by atoms with E-state index in [-0.39, 0.29) is 29.3 Å². The Bertz CT molecular complexity index is 489. The third-order valence-electron chi connectivity index (χ3n) is 3.64. The van der Waals surface area contributed by atoms with Crippen molar-refractivity contribution >= 4 is 5.91 Å². The molecule has 4 heteroatoms. The molecule has 21 heavy (non-hydrogen) atoms. The number of carbonyl (C=O) groups is 1. The summed E-state index contributed by atoms with van der Waals surface area (Å²) in [6, 6.07) is 6.41. The topological polar surface area (TPSA) is 41.1 Å². The number of rotatable bonds is 5. The van der Waals surface area contributed by atoms with Crippen molar-refractivity contribution in [2.75, 3.05) is 0 Å². The lowest BCUT2D eigenvalue weighted by Gasteiger charge is -2.27. The van der Waals surface area contributed by atoms with Crippen molar-refractivity contribution in [1.29, 1.82) is 0 Å². The lowest BCUT2D eigenvalue weighted by Crippen LogP contribution is -2.50. The highest BCUT2D eigenvalue weighted by Crippen LogP contribution is 2.41. The summed E-state index contributed by atoms with van der Waals surface area (Å²) in [5.41, 5.74) is 0.812. The van der Waals surface area contributed by atoms with Crippen molar-refractivity contribution in [2.45, 2.75) is 58.2 Å². The monoisotopic (exact) mass is 292 g/mol. The van der Waals surface area contributed by atoms with Crippen LogP contribution in [0.15, 0.2) is 24.3 Å². The molecule has 0 aromatic heterocycles. The molecule has 1 aliphatic rings. The molecule has 116 valence electrons. The zero-order valence-electron chi connectivity index (χ0n) is 13.2. The molecule has 2 unspecified atom stereocenters. The van der Waals surface area contributed by atoms with Gasteiger partial charge in [-0.1, -0.05) is 12.1 Å². The molecule has 3 nitrogen and oxygen atoms in total. The van der Waals surface area contributed by atoms with Gasteiger partial charge < -0.3 is 5.32 Å². The average molecular weight is 292 g/mol. The maximum Gasteiger partial charge on any atom is 0.237 e. The molecule has 2 atom stereocenters. The zero-order chi connectivity index (χ0) is 15.6. The molecular weight excluding hydrogens is 267 g/mol. The molecular formula is C17H25FN2O. The minimum Gasteiger partial charge on any atom is -0.350 e. The molecule has 1 amide bonds. The highest BCUT2D eigenvalue weighted by atomic mass is 19.1. The normalized spacial score (nSPS) is 18.1. The average Bonchev–Trinajstić information content (AvgIpc) is 3.19. The van der Waals surface area contributed by atoms with E-state index >= 15 is 0 Å². The summed E-state index contributed by atoms with van der Waals surface area (Å²) in [6.07, 6.45) is 2.31. The van der Waals surface area contributed by atoms with Gasteiger partial charge in [0.15, 0.2) is 0 Å². The molecule has 1 aliphatic carbocycles. The first-order valence-electron chi connectivity index (χ1n) is 7.60. The third-order valence-corrected chi connectivity index (χ3v) is 3.64. The molecule has 1 saturated carbocycles. The van der Waals surface area contributed by atoms with E-state index in [1.807, 2.05) is 27.7 Å². The molecule has 0 spiro atoms. The van der Waals surface area contributed by atoms with Gasteiger partial charge in [-0.05, 0) is 64.2 Å². The van der Waals surface area contributed by atoms with Gasteiger partial charge in [-0.2, -0.15) is 0 Å². The first kappa shape index (κ1) is 16.0. The Morgan fingerprint density at radius 1 is 1.24 bits per heavy atom. The number of hydrogen-bond donors (Lipinski definition) is 2. The van der Waals surface area contributed by atoms with Crippen molar-refractivity contribution in [1.82, 2.24) is 10.6 Å². The van der Waals surface area contributed by atoms with Crippen molar-refractivity contribution in [2.24, 2.45) is 5.92 Å². The molecule has 1 aromatic rings. The van der Waals surface area contributed by atoms with E-state index in [1.54, 1.807) is 12.1 Å². The summed E-state index contributed by atoms with van der Waals surface area (Å²) in [4.78, 5) is 12.2. The molecule has 0 bridgehead atoms. The van der Waals surface area contributed by atoms with Crippen LogP contribution >= 0.6 is 0 Å². The molecule has 1 aromatic carbocycles. The number of halogens is 1. The number of benzene rings is 1. The van der Waals surface area contributed by atoms with Gasteiger partial charge in [0.1, 0.15) is 5.82 Å². The Balaban J connectivity index is 2.03. The van der Waals surface area contributed by atoms with Crippen LogP contribution in [0.1, 0.15) is 52.1 Å². The van der Waals surface area contributed by atoms with Crippen molar-refractivity contribution in [3.8, 4) is 0 Å². The summed E-state index contributed by atoms with van der Waals surface area (Å²) < 4.78 is 13.1. The fraction of sp³-hybridized carbons (Fsp3) is 0.588. The van der Waals surface area contributed by atoms with Crippen molar-refractivity contribution in [3.05, 3.63) is 35.6 Å². The molecule has 2 N–H and O–H groups in total. The van der Waals surface area contributed by atoms with Gasteiger partial charge in [-0.3, -0.25) is 10.1 Å². The standard InChI is InChI=1S/C17H25FN2O/c1-11(16(21)20-17(2,3)4)19-15(12-5-6-12)13-7-9-14(18)10-8-13/h7-12,15,19H,5-6H2,1-4H3,(H,20,21). The maximum absolute atomic E-state index is 13.1. The van der Waals surface area contributed by atoms with Crippen molar-refractivity contribution in [3.63, 3.8) is 0 Å². The first-order chi connectivity index (χ1) is 9.76.